The molecule has 0 spiro atoms. The van der Waals surface area contributed by atoms with Gasteiger partial charge in [-0.15, -0.1) is 0 Å². The molecule has 0 saturated heterocycles. The van der Waals surface area contributed by atoms with Crippen molar-refractivity contribution in [3.05, 3.63) is 29.3 Å². The highest BCUT2D eigenvalue weighted by atomic mass is 16.1. The van der Waals surface area contributed by atoms with E-state index in [-0.39, 0.29) is 5.91 Å². The molecule has 0 fully saturated rings. The lowest BCUT2D eigenvalue weighted by atomic mass is 10.0. The molecule has 0 aromatic heterocycles. The molecule has 0 radical (unpaired) electrons. The van der Waals surface area contributed by atoms with Gasteiger partial charge in [0, 0.05) is 24.3 Å². The third kappa shape index (κ3) is 3.23. The molecule has 0 unspecified atom stereocenters. The number of rotatable bonds is 5. The lowest BCUT2D eigenvalue weighted by Crippen LogP contribution is -2.25. The fraction of sp³-hybridized carbons (Fsp3) is 0.500. The number of unbranched alkanes of at least 4 members (excludes halogenated alkanes) is 1. The summed E-state index contributed by atoms with van der Waals surface area (Å²) in [6.45, 7) is 2.41. The molecule has 1 aliphatic rings. The Kier molecular flexibility index (Phi) is 4.59. The maximum Gasteiger partial charge on any atom is 0.251 e. The first kappa shape index (κ1) is 12.9. The zero-order valence-corrected chi connectivity index (χ0v) is 10.7. The summed E-state index contributed by atoms with van der Waals surface area (Å²) in [5.41, 5.74) is 8.58. The van der Waals surface area contributed by atoms with E-state index in [4.69, 9.17) is 5.73 Å². The molecule has 4 N–H and O–H groups in total. The number of anilines is 1. The van der Waals surface area contributed by atoms with Gasteiger partial charge in [-0.3, -0.25) is 4.79 Å². The zero-order chi connectivity index (χ0) is 12.8. The molecule has 0 bridgehead atoms. The molecule has 1 aromatic rings. The van der Waals surface area contributed by atoms with Crippen LogP contribution in [-0.2, 0) is 6.42 Å². The molecule has 18 heavy (non-hydrogen) atoms. The highest BCUT2D eigenvalue weighted by Gasteiger charge is 2.11. The van der Waals surface area contributed by atoms with Crippen molar-refractivity contribution in [3.8, 4) is 0 Å². The average Bonchev–Trinajstić information content (AvgIpc) is 2.43. The van der Waals surface area contributed by atoms with E-state index in [9.17, 15) is 4.79 Å². The molecule has 0 aliphatic carbocycles. The van der Waals surface area contributed by atoms with Crippen LogP contribution < -0.4 is 16.4 Å². The second kappa shape index (κ2) is 6.40. The fourth-order valence-corrected chi connectivity index (χ4v) is 2.19. The predicted molar refractivity (Wildman–Crippen MR) is 73.9 cm³/mol. The maximum atomic E-state index is 11.9. The molecule has 0 saturated carbocycles. The molecule has 4 nitrogen and oxygen atoms in total. The monoisotopic (exact) mass is 247 g/mol. The highest BCUT2D eigenvalue weighted by molar-refractivity contribution is 5.94. The number of carbonyl (C=O) groups is 1. The number of hydrogen-bond donors (Lipinski definition) is 3. The van der Waals surface area contributed by atoms with Gasteiger partial charge in [-0.25, -0.2) is 0 Å². The molecule has 4 heteroatoms. The first-order chi connectivity index (χ1) is 8.81. The molecular weight excluding hydrogens is 226 g/mol. The molecule has 2 rings (SSSR count). The van der Waals surface area contributed by atoms with E-state index in [2.05, 4.69) is 10.6 Å². The summed E-state index contributed by atoms with van der Waals surface area (Å²) in [7, 11) is 0. The number of amides is 1. The number of fused-ring (bicyclic) bond motifs is 1. The summed E-state index contributed by atoms with van der Waals surface area (Å²) in [6, 6.07) is 5.89. The van der Waals surface area contributed by atoms with E-state index in [0.717, 1.165) is 37.8 Å². The van der Waals surface area contributed by atoms with Crippen molar-refractivity contribution >= 4 is 11.6 Å². The number of aryl methyl sites for hydroxylation is 1. The summed E-state index contributed by atoms with van der Waals surface area (Å²) in [4.78, 5) is 11.9. The molecule has 1 aromatic carbocycles. The smallest absolute Gasteiger partial charge is 0.251 e. The Balaban J connectivity index is 1.94. The quantitative estimate of drug-likeness (QED) is 0.691. The van der Waals surface area contributed by atoms with Crippen LogP contribution in [0.25, 0.3) is 0 Å². The highest BCUT2D eigenvalue weighted by Crippen LogP contribution is 2.22. The van der Waals surface area contributed by atoms with E-state index in [0.29, 0.717) is 13.1 Å². The van der Waals surface area contributed by atoms with Gasteiger partial charge in [-0.05, 0) is 56.0 Å². The topological polar surface area (TPSA) is 67.1 Å². The van der Waals surface area contributed by atoms with Gasteiger partial charge in [-0.2, -0.15) is 0 Å². The van der Waals surface area contributed by atoms with Gasteiger partial charge in [-0.1, -0.05) is 0 Å². The van der Waals surface area contributed by atoms with Crippen LogP contribution in [0.4, 0.5) is 5.69 Å². The Morgan fingerprint density at radius 3 is 3.11 bits per heavy atom. The minimum atomic E-state index is 0.0143. The zero-order valence-electron chi connectivity index (χ0n) is 10.7. The van der Waals surface area contributed by atoms with Crippen LogP contribution in [0.15, 0.2) is 18.2 Å². The molecule has 1 amide bonds. The summed E-state index contributed by atoms with van der Waals surface area (Å²) in [5.74, 6) is 0.0143. The maximum absolute atomic E-state index is 11.9. The van der Waals surface area contributed by atoms with Crippen molar-refractivity contribution in [2.45, 2.75) is 25.7 Å². The average molecular weight is 247 g/mol. The second-order valence-corrected chi connectivity index (χ2v) is 4.65. The Morgan fingerprint density at radius 2 is 2.28 bits per heavy atom. The van der Waals surface area contributed by atoms with Gasteiger partial charge in [0.1, 0.15) is 0 Å². The third-order valence-corrected chi connectivity index (χ3v) is 3.22. The minimum absolute atomic E-state index is 0.0143. The van der Waals surface area contributed by atoms with Gasteiger partial charge in [0.15, 0.2) is 0 Å². The van der Waals surface area contributed by atoms with E-state index in [1.807, 2.05) is 18.2 Å². The SMILES string of the molecule is NCCCCNC(=O)c1ccc2c(c1)CCCN2. The number of hydrogen-bond acceptors (Lipinski definition) is 3. The van der Waals surface area contributed by atoms with Crippen LogP contribution in [0.2, 0.25) is 0 Å². The molecular formula is C14H21N3O. The third-order valence-electron chi connectivity index (χ3n) is 3.22. The van der Waals surface area contributed by atoms with Crippen LogP contribution >= 0.6 is 0 Å². The van der Waals surface area contributed by atoms with Gasteiger partial charge >= 0.3 is 0 Å². The van der Waals surface area contributed by atoms with Crippen LogP contribution in [-0.4, -0.2) is 25.5 Å². The van der Waals surface area contributed by atoms with Crippen molar-refractivity contribution < 1.29 is 4.79 Å². The largest absolute Gasteiger partial charge is 0.385 e. The van der Waals surface area contributed by atoms with Gasteiger partial charge in [0.25, 0.3) is 5.91 Å². The van der Waals surface area contributed by atoms with Gasteiger partial charge in [0.05, 0.1) is 0 Å². The summed E-state index contributed by atoms with van der Waals surface area (Å²) < 4.78 is 0. The van der Waals surface area contributed by atoms with Crippen molar-refractivity contribution in [1.82, 2.24) is 5.32 Å². The Bertz CT molecular complexity index is 418. The predicted octanol–water partition coefficient (Wildman–Crippen LogP) is 1.51. The lowest BCUT2D eigenvalue weighted by molar-refractivity contribution is 0.0953. The number of nitrogens with one attached hydrogen (secondary N) is 2. The lowest BCUT2D eigenvalue weighted by Gasteiger charge is -2.18. The Labute approximate surface area is 108 Å². The fourth-order valence-electron chi connectivity index (χ4n) is 2.19. The van der Waals surface area contributed by atoms with Crippen molar-refractivity contribution in [2.75, 3.05) is 25.0 Å². The van der Waals surface area contributed by atoms with Gasteiger partial charge in [0.2, 0.25) is 0 Å². The van der Waals surface area contributed by atoms with Crippen LogP contribution in [0.3, 0.4) is 0 Å². The van der Waals surface area contributed by atoms with Crippen molar-refractivity contribution in [3.63, 3.8) is 0 Å². The number of benzene rings is 1. The molecule has 0 atom stereocenters. The van der Waals surface area contributed by atoms with E-state index in [1.54, 1.807) is 0 Å². The number of nitrogens with two attached hydrogens (primary N) is 1. The van der Waals surface area contributed by atoms with Crippen molar-refractivity contribution in [1.29, 1.82) is 0 Å². The minimum Gasteiger partial charge on any atom is -0.385 e. The Hall–Kier alpha value is -1.55. The Morgan fingerprint density at radius 1 is 1.39 bits per heavy atom. The molecule has 1 aliphatic heterocycles. The number of carbonyl (C=O) groups excluding carboxylic acids is 1. The standard InChI is InChI=1S/C14H21N3O/c15-7-1-2-8-17-14(18)12-5-6-13-11(10-12)4-3-9-16-13/h5-6,10,16H,1-4,7-9,15H2,(H,17,18). The summed E-state index contributed by atoms with van der Waals surface area (Å²) in [5, 5.41) is 6.27. The van der Waals surface area contributed by atoms with E-state index >= 15 is 0 Å². The first-order valence-electron chi connectivity index (χ1n) is 6.66. The summed E-state index contributed by atoms with van der Waals surface area (Å²) in [6.07, 6.45) is 4.08. The molecule has 98 valence electrons. The van der Waals surface area contributed by atoms with E-state index < -0.39 is 0 Å². The van der Waals surface area contributed by atoms with Gasteiger partial charge < -0.3 is 16.4 Å². The van der Waals surface area contributed by atoms with E-state index in [1.165, 1.54) is 11.3 Å². The summed E-state index contributed by atoms with van der Waals surface area (Å²) >= 11 is 0. The molecule has 1 heterocycles. The first-order valence-corrected chi connectivity index (χ1v) is 6.66. The van der Waals surface area contributed by atoms with Crippen LogP contribution in [0.1, 0.15) is 35.2 Å². The normalized spacial score (nSPS) is 13.6. The van der Waals surface area contributed by atoms with Crippen molar-refractivity contribution in [2.24, 2.45) is 5.73 Å². The second-order valence-electron chi connectivity index (χ2n) is 4.65. The van der Waals surface area contributed by atoms with Crippen LogP contribution in [0.5, 0.6) is 0 Å². The van der Waals surface area contributed by atoms with Crippen LogP contribution in [0, 0.1) is 0 Å².